The number of carbonyl (C=O) groups is 2. The minimum absolute atomic E-state index is 0.160. The largest absolute Gasteiger partial charge is 0.497 e. The molecular formula is C20H20N2O3. The van der Waals surface area contributed by atoms with Crippen molar-refractivity contribution in [2.75, 3.05) is 7.11 Å². The predicted molar refractivity (Wildman–Crippen MR) is 93.1 cm³/mol. The normalized spacial score (nSPS) is 22.0. The summed E-state index contributed by atoms with van der Waals surface area (Å²) in [4.78, 5) is 27.1. The Labute approximate surface area is 146 Å². The fourth-order valence-corrected chi connectivity index (χ4v) is 3.91. The molecule has 4 rings (SSSR count). The van der Waals surface area contributed by atoms with Crippen LogP contribution >= 0.6 is 0 Å². The van der Waals surface area contributed by atoms with Crippen LogP contribution in [0.2, 0.25) is 0 Å². The molecule has 5 heteroatoms. The zero-order chi connectivity index (χ0) is 17.4. The van der Waals surface area contributed by atoms with Crippen LogP contribution in [0.25, 0.3) is 0 Å². The number of ether oxygens (including phenoxy) is 1. The summed E-state index contributed by atoms with van der Waals surface area (Å²) < 4.78 is 5.23. The fourth-order valence-electron chi connectivity index (χ4n) is 3.91. The summed E-state index contributed by atoms with van der Waals surface area (Å²) in [6.07, 6.45) is 2.47. The highest BCUT2D eigenvalue weighted by atomic mass is 16.5. The maximum atomic E-state index is 13.2. The molecule has 1 saturated heterocycles. The van der Waals surface area contributed by atoms with E-state index in [2.05, 4.69) is 5.32 Å². The molecule has 1 spiro atoms. The van der Waals surface area contributed by atoms with E-state index in [0.29, 0.717) is 12.2 Å². The van der Waals surface area contributed by atoms with Crippen molar-refractivity contribution in [2.45, 2.75) is 31.3 Å². The smallest absolute Gasteiger partial charge is 0.325 e. The third kappa shape index (κ3) is 2.47. The lowest BCUT2D eigenvalue weighted by Crippen LogP contribution is -2.46. The Morgan fingerprint density at radius 3 is 2.84 bits per heavy atom. The molecule has 1 aliphatic heterocycles. The van der Waals surface area contributed by atoms with Crippen LogP contribution < -0.4 is 10.1 Å². The van der Waals surface area contributed by atoms with Crippen molar-refractivity contribution >= 4 is 11.9 Å². The maximum Gasteiger partial charge on any atom is 0.325 e. The number of nitrogens with one attached hydrogen (secondary N) is 1. The van der Waals surface area contributed by atoms with E-state index in [0.717, 1.165) is 29.5 Å². The zero-order valence-electron chi connectivity index (χ0n) is 14.1. The van der Waals surface area contributed by atoms with Crippen LogP contribution in [0.15, 0.2) is 48.5 Å². The number of benzene rings is 2. The molecule has 2 aromatic rings. The van der Waals surface area contributed by atoms with Gasteiger partial charge in [0.2, 0.25) is 0 Å². The summed E-state index contributed by atoms with van der Waals surface area (Å²) >= 11 is 0. The van der Waals surface area contributed by atoms with E-state index in [1.165, 1.54) is 4.90 Å². The van der Waals surface area contributed by atoms with Gasteiger partial charge in [-0.25, -0.2) is 4.79 Å². The Bertz CT molecular complexity index is 848. The van der Waals surface area contributed by atoms with Crippen molar-refractivity contribution in [2.24, 2.45) is 0 Å². The summed E-state index contributed by atoms with van der Waals surface area (Å²) in [6, 6.07) is 15.0. The van der Waals surface area contributed by atoms with Gasteiger partial charge in [-0.15, -0.1) is 0 Å². The molecule has 0 bridgehead atoms. The quantitative estimate of drug-likeness (QED) is 0.877. The molecule has 2 aromatic carbocycles. The zero-order valence-corrected chi connectivity index (χ0v) is 14.1. The maximum absolute atomic E-state index is 13.2. The second-order valence-electron chi connectivity index (χ2n) is 6.59. The van der Waals surface area contributed by atoms with E-state index in [-0.39, 0.29) is 18.5 Å². The molecule has 25 heavy (non-hydrogen) atoms. The summed E-state index contributed by atoms with van der Waals surface area (Å²) in [5, 5.41) is 2.98. The molecule has 2 aliphatic rings. The van der Waals surface area contributed by atoms with Crippen molar-refractivity contribution in [3.63, 3.8) is 0 Å². The lowest BCUT2D eigenvalue weighted by atomic mass is 9.76. The second-order valence-corrected chi connectivity index (χ2v) is 6.59. The highest BCUT2D eigenvalue weighted by Crippen LogP contribution is 2.40. The van der Waals surface area contributed by atoms with Crippen LogP contribution in [0, 0.1) is 0 Å². The van der Waals surface area contributed by atoms with Crippen molar-refractivity contribution in [1.29, 1.82) is 0 Å². The van der Waals surface area contributed by atoms with Gasteiger partial charge < -0.3 is 10.1 Å². The molecule has 1 fully saturated rings. The fraction of sp³-hybridized carbons (Fsp3) is 0.300. The Morgan fingerprint density at radius 2 is 2.00 bits per heavy atom. The van der Waals surface area contributed by atoms with E-state index in [1.54, 1.807) is 7.11 Å². The number of carbonyl (C=O) groups excluding carboxylic acids is 2. The number of fused-ring (bicyclic) bond motifs is 2. The molecule has 3 amide bonds. The van der Waals surface area contributed by atoms with E-state index in [1.807, 2.05) is 48.5 Å². The first-order valence-electron chi connectivity index (χ1n) is 8.49. The number of aryl methyl sites for hydroxylation is 1. The first-order valence-corrected chi connectivity index (χ1v) is 8.49. The van der Waals surface area contributed by atoms with Crippen LogP contribution in [0.4, 0.5) is 4.79 Å². The van der Waals surface area contributed by atoms with Gasteiger partial charge in [0.1, 0.15) is 11.3 Å². The van der Waals surface area contributed by atoms with Gasteiger partial charge in [-0.05, 0) is 48.1 Å². The van der Waals surface area contributed by atoms with Crippen molar-refractivity contribution in [3.8, 4) is 5.75 Å². The Kier molecular flexibility index (Phi) is 3.71. The van der Waals surface area contributed by atoms with E-state index < -0.39 is 5.54 Å². The Morgan fingerprint density at radius 1 is 1.16 bits per heavy atom. The number of rotatable bonds is 3. The predicted octanol–water partition coefficient (Wildman–Crippen LogP) is 2.98. The van der Waals surface area contributed by atoms with Gasteiger partial charge in [0, 0.05) is 0 Å². The SMILES string of the molecule is COc1cccc(CN2C(=O)N[C@@]3(CCCc4ccccc43)C2=O)c1. The molecule has 1 atom stereocenters. The first kappa shape index (κ1) is 15.7. The van der Waals surface area contributed by atoms with Gasteiger partial charge in [0.15, 0.2) is 0 Å². The molecule has 0 saturated carbocycles. The van der Waals surface area contributed by atoms with Crippen molar-refractivity contribution in [1.82, 2.24) is 10.2 Å². The van der Waals surface area contributed by atoms with E-state index in [4.69, 9.17) is 4.74 Å². The third-order valence-corrected chi connectivity index (χ3v) is 5.13. The van der Waals surface area contributed by atoms with Gasteiger partial charge in [0.05, 0.1) is 13.7 Å². The minimum atomic E-state index is -0.912. The van der Waals surface area contributed by atoms with Crippen molar-refractivity contribution < 1.29 is 14.3 Å². The summed E-state index contributed by atoms with van der Waals surface area (Å²) in [5.74, 6) is 0.551. The summed E-state index contributed by atoms with van der Waals surface area (Å²) in [6.45, 7) is 0.242. The number of imide groups is 1. The summed E-state index contributed by atoms with van der Waals surface area (Å²) in [5.41, 5.74) is 2.03. The number of urea groups is 1. The molecule has 128 valence electrons. The average molecular weight is 336 g/mol. The standard InChI is InChI=1S/C20H20N2O3/c1-25-16-9-4-6-14(12-16)13-22-18(23)20(21-19(22)24)11-5-8-15-7-2-3-10-17(15)20/h2-4,6-7,9-10,12H,5,8,11,13H2,1H3,(H,21,24)/t20-/m1/s1. The molecule has 1 aliphatic carbocycles. The molecule has 0 radical (unpaired) electrons. The average Bonchev–Trinajstić information content (AvgIpc) is 2.87. The number of hydrogen-bond donors (Lipinski definition) is 1. The number of methoxy groups -OCH3 is 1. The molecule has 1 heterocycles. The van der Waals surface area contributed by atoms with Gasteiger partial charge >= 0.3 is 6.03 Å². The lowest BCUT2D eigenvalue weighted by Gasteiger charge is -2.33. The third-order valence-electron chi connectivity index (χ3n) is 5.13. The van der Waals surface area contributed by atoms with Crippen LogP contribution in [-0.4, -0.2) is 23.9 Å². The number of nitrogens with zero attached hydrogens (tertiary/aromatic N) is 1. The highest BCUT2D eigenvalue weighted by Gasteiger charge is 2.53. The number of hydrogen-bond acceptors (Lipinski definition) is 3. The highest BCUT2D eigenvalue weighted by molar-refractivity contribution is 6.07. The van der Waals surface area contributed by atoms with E-state index in [9.17, 15) is 9.59 Å². The number of amides is 3. The van der Waals surface area contributed by atoms with Gasteiger partial charge in [-0.3, -0.25) is 9.69 Å². The van der Waals surface area contributed by atoms with Gasteiger partial charge in [0.25, 0.3) is 5.91 Å². The Balaban J connectivity index is 1.67. The van der Waals surface area contributed by atoms with E-state index >= 15 is 0 Å². The molecule has 0 aromatic heterocycles. The molecule has 0 unspecified atom stereocenters. The second kappa shape index (κ2) is 5.92. The molecule has 1 N–H and O–H groups in total. The summed E-state index contributed by atoms with van der Waals surface area (Å²) in [7, 11) is 1.60. The topological polar surface area (TPSA) is 58.6 Å². The monoisotopic (exact) mass is 336 g/mol. The first-order chi connectivity index (χ1) is 12.1. The van der Waals surface area contributed by atoms with Crippen LogP contribution in [-0.2, 0) is 23.3 Å². The Hall–Kier alpha value is -2.82. The molecule has 5 nitrogen and oxygen atoms in total. The van der Waals surface area contributed by atoms with Crippen LogP contribution in [0.5, 0.6) is 5.75 Å². The lowest BCUT2D eigenvalue weighted by molar-refractivity contribution is -0.132. The van der Waals surface area contributed by atoms with Gasteiger partial charge in [-0.2, -0.15) is 0 Å². The van der Waals surface area contributed by atoms with Crippen LogP contribution in [0.1, 0.15) is 29.5 Å². The molecular weight excluding hydrogens is 316 g/mol. The van der Waals surface area contributed by atoms with Crippen molar-refractivity contribution in [3.05, 3.63) is 65.2 Å². The van der Waals surface area contributed by atoms with Crippen LogP contribution in [0.3, 0.4) is 0 Å². The minimum Gasteiger partial charge on any atom is -0.497 e. The van der Waals surface area contributed by atoms with Gasteiger partial charge in [-0.1, -0.05) is 36.4 Å².